The molecule has 4 nitrogen and oxygen atoms in total. The summed E-state index contributed by atoms with van der Waals surface area (Å²) in [5.74, 6) is 0.915. The van der Waals surface area contributed by atoms with Gasteiger partial charge in [0.1, 0.15) is 12.4 Å². The Kier molecular flexibility index (Phi) is 5.24. The van der Waals surface area contributed by atoms with Crippen molar-refractivity contribution in [1.82, 2.24) is 5.32 Å². The summed E-state index contributed by atoms with van der Waals surface area (Å²) in [5.41, 5.74) is 0.753. The number of unbranched alkanes of at least 4 members (excludes halogenated alkanes) is 1. The Morgan fingerprint density at radius 3 is 2.80 bits per heavy atom. The number of carbonyl (C=O) groups excluding carboxylic acids is 1. The number of benzene rings is 1. The molecule has 0 saturated heterocycles. The molecule has 0 fully saturated rings. The number of furan rings is 1. The predicted molar refractivity (Wildman–Crippen MR) is 76.7 cm³/mol. The Morgan fingerprint density at radius 2 is 2.05 bits per heavy atom. The highest BCUT2D eigenvalue weighted by molar-refractivity contribution is 5.92. The molecule has 0 bridgehead atoms. The van der Waals surface area contributed by atoms with E-state index in [0.29, 0.717) is 18.9 Å². The molecule has 1 amide bonds. The molecule has 1 N–H and O–H groups in total. The molecule has 2 aromatic rings. The molecule has 0 aliphatic heterocycles. The van der Waals surface area contributed by atoms with E-state index in [1.54, 1.807) is 6.07 Å². The molecule has 2 rings (SSSR count). The number of hydrogen-bond donors (Lipinski definition) is 1. The lowest BCUT2D eigenvalue weighted by molar-refractivity contribution is 0.0922. The third-order valence-corrected chi connectivity index (χ3v) is 2.91. The van der Waals surface area contributed by atoms with E-state index >= 15 is 0 Å². The van der Waals surface area contributed by atoms with Gasteiger partial charge in [0, 0.05) is 12.1 Å². The van der Waals surface area contributed by atoms with E-state index in [0.717, 1.165) is 24.2 Å². The zero-order valence-electron chi connectivity index (χ0n) is 11.6. The fourth-order valence-corrected chi connectivity index (χ4v) is 1.79. The Balaban J connectivity index is 1.93. The minimum atomic E-state index is -0.185. The summed E-state index contributed by atoms with van der Waals surface area (Å²) < 4.78 is 10.9. The first-order valence-electron chi connectivity index (χ1n) is 6.83. The second kappa shape index (κ2) is 7.38. The Morgan fingerprint density at radius 1 is 1.25 bits per heavy atom. The number of amides is 1. The average Bonchev–Trinajstić information content (AvgIpc) is 2.95. The summed E-state index contributed by atoms with van der Waals surface area (Å²) in [5, 5.41) is 2.84. The first kappa shape index (κ1) is 14.2. The van der Waals surface area contributed by atoms with Gasteiger partial charge in [-0.3, -0.25) is 4.79 Å². The van der Waals surface area contributed by atoms with Crippen LogP contribution in [0.5, 0.6) is 5.75 Å². The zero-order chi connectivity index (χ0) is 14.2. The molecule has 4 heteroatoms. The smallest absolute Gasteiger partial charge is 0.287 e. The van der Waals surface area contributed by atoms with Crippen LogP contribution in [0.4, 0.5) is 0 Å². The molecule has 0 saturated carbocycles. The van der Waals surface area contributed by atoms with E-state index in [-0.39, 0.29) is 5.91 Å². The number of para-hydroxylation sites is 1. The lowest BCUT2D eigenvalue weighted by atomic mass is 10.2. The third-order valence-electron chi connectivity index (χ3n) is 2.91. The van der Waals surface area contributed by atoms with E-state index in [2.05, 4.69) is 12.2 Å². The number of carbonyl (C=O) groups is 1. The zero-order valence-corrected chi connectivity index (χ0v) is 11.6. The highest BCUT2D eigenvalue weighted by atomic mass is 16.5. The first-order chi connectivity index (χ1) is 9.81. The van der Waals surface area contributed by atoms with Crippen LogP contribution in [-0.2, 0) is 6.61 Å². The molecule has 0 aliphatic rings. The molecule has 0 radical (unpaired) electrons. The average molecular weight is 273 g/mol. The van der Waals surface area contributed by atoms with Crippen molar-refractivity contribution in [2.75, 3.05) is 6.54 Å². The summed E-state index contributed by atoms with van der Waals surface area (Å²) in [6, 6.07) is 11.3. The molecule has 20 heavy (non-hydrogen) atoms. The van der Waals surface area contributed by atoms with Gasteiger partial charge in [-0.15, -0.1) is 0 Å². The summed E-state index contributed by atoms with van der Waals surface area (Å²) in [6.45, 7) is 3.06. The summed E-state index contributed by atoms with van der Waals surface area (Å²) in [4.78, 5) is 12.0. The largest absolute Gasteiger partial charge is 0.489 e. The van der Waals surface area contributed by atoms with Crippen molar-refractivity contribution < 1.29 is 13.9 Å². The second-order valence-corrected chi connectivity index (χ2v) is 4.49. The standard InChI is InChI=1S/C16H19NO3/c1-2-3-10-17-16(18)15-13(9-11-19-15)12-20-14-7-5-4-6-8-14/h4-9,11H,2-3,10,12H2,1H3,(H,17,18). The van der Waals surface area contributed by atoms with Crippen LogP contribution in [0, 0.1) is 0 Å². The van der Waals surface area contributed by atoms with Crippen LogP contribution in [0.15, 0.2) is 47.1 Å². The number of hydrogen-bond acceptors (Lipinski definition) is 3. The predicted octanol–water partition coefficient (Wildman–Crippen LogP) is 3.39. The van der Waals surface area contributed by atoms with Gasteiger partial charge in [0.25, 0.3) is 5.91 Å². The van der Waals surface area contributed by atoms with Gasteiger partial charge in [0.2, 0.25) is 0 Å². The van der Waals surface area contributed by atoms with Crippen LogP contribution in [0.25, 0.3) is 0 Å². The molecule has 0 spiro atoms. The van der Waals surface area contributed by atoms with Crippen molar-refractivity contribution in [2.24, 2.45) is 0 Å². The molecule has 1 aromatic carbocycles. The molecule has 106 valence electrons. The van der Waals surface area contributed by atoms with Gasteiger partial charge in [0.05, 0.1) is 6.26 Å². The molecular weight excluding hydrogens is 254 g/mol. The van der Waals surface area contributed by atoms with Gasteiger partial charge in [-0.1, -0.05) is 31.5 Å². The highest BCUT2D eigenvalue weighted by Crippen LogP contribution is 2.15. The molecule has 0 unspecified atom stereocenters. The Hall–Kier alpha value is -2.23. The van der Waals surface area contributed by atoms with Gasteiger partial charge in [-0.05, 0) is 24.6 Å². The second-order valence-electron chi connectivity index (χ2n) is 4.49. The number of nitrogens with one attached hydrogen (secondary N) is 1. The first-order valence-corrected chi connectivity index (χ1v) is 6.83. The molecule has 0 aliphatic carbocycles. The van der Waals surface area contributed by atoms with Crippen molar-refractivity contribution in [2.45, 2.75) is 26.4 Å². The minimum Gasteiger partial charge on any atom is -0.489 e. The fraction of sp³-hybridized carbons (Fsp3) is 0.312. The number of ether oxygens (including phenoxy) is 1. The normalized spacial score (nSPS) is 10.2. The number of rotatable bonds is 7. The van der Waals surface area contributed by atoms with Gasteiger partial charge in [-0.2, -0.15) is 0 Å². The monoisotopic (exact) mass is 273 g/mol. The van der Waals surface area contributed by atoms with Crippen molar-refractivity contribution in [3.8, 4) is 5.75 Å². The van der Waals surface area contributed by atoms with Crippen molar-refractivity contribution >= 4 is 5.91 Å². The van der Waals surface area contributed by atoms with Crippen molar-refractivity contribution in [3.05, 3.63) is 54.0 Å². The Bertz CT molecular complexity index is 534. The van der Waals surface area contributed by atoms with E-state index < -0.39 is 0 Å². The molecular formula is C16H19NO3. The van der Waals surface area contributed by atoms with E-state index in [9.17, 15) is 4.79 Å². The van der Waals surface area contributed by atoms with Crippen LogP contribution in [0.2, 0.25) is 0 Å². The van der Waals surface area contributed by atoms with Gasteiger partial charge in [0.15, 0.2) is 5.76 Å². The van der Waals surface area contributed by atoms with Crippen LogP contribution < -0.4 is 10.1 Å². The molecule has 1 heterocycles. The summed E-state index contributed by atoms with van der Waals surface area (Å²) in [7, 11) is 0. The lowest BCUT2D eigenvalue weighted by Gasteiger charge is -2.06. The Labute approximate surface area is 118 Å². The molecule has 1 aromatic heterocycles. The quantitative estimate of drug-likeness (QED) is 0.787. The van der Waals surface area contributed by atoms with Crippen molar-refractivity contribution in [1.29, 1.82) is 0 Å². The van der Waals surface area contributed by atoms with Crippen LogP contribution >= 0.6 is 0 Å². The topological polar surface area (TPSA) is 51.5 Å². The highest BCUT2D eigenvalue weighted by Gasteiger charge is 2.15. The van der Waals surface area contributed by atoms with E-state index in [4.69, 9.17) is 9.15 Å². The van der Waals surface area contributed by atoms with Gasteiger partial charge in [-0.25, -0.2) is 0 Å². The summed E-state index contributed by atoms with van der Waals surface area (Å²) in [6.07, 6.45) is 3.52. The SMILES string of the molecule is CCCCNC(=O)c1occc1COc1ccccc1. The summed E-state index contributed by atoms with van der Waals surface area (Å²) >= 11 is 0. The lowest BCUT2D eigenvalue weighted by Crippen LogP contribution is -2.25. The molecule has 0 atom stereocenters. The maximum Gasteiger partial charge on any atom is 0.287 e. The van der Waals surface area contributed by atoms with Crippen molar-refractivity contribution in [3.63, 3.8) is 0 Å². The van der Waals surface area contributed by atoms with Gasteiger partial charge >= 0.3 is 0 Å². The van der Waals surface area contributed by atoms with E-state index in [1.807, 2.05) is 30.3 Å². The van der Waals surface area contributed by atoms with Crippen LogP contribution in [0.1, 0.15) is 35.9 Å². The maximum atomic E-state index is 12.0. The van der Waals surface area contributed by atoms with Crippen LogP contribution in [-0.4, -0.2) is 12.5 Å². The van der Waals surface area contributed by atoms with E-state index in [1.165, 1.54) is 6.26 Å². The maximum absolute atomic E-state index is 12.0. The van der Waals surface area contributed by atoms with Gasteiger partial charge < -0.3 is 14.5 Å². The fourth-order valence-electron chi connectivity index (χ4n) is 1.79. The van der Waals surface area contributed by atoms with Crippen LogP contribution in [0.3, 0.4) is 0 Å². The minimum absolute atomic E-state index is 0.185. The third kappa shape index (κ3) is 3.88.